The molecule has 0 radical (unpaired) electrons. The van der Waals surface area contributed by atoms with Crippen LogP contribution in [0.3, 0.4) is 0 Å². The van der Waals surface area contributed by atoms with Crippen molar-refractivity contribution in [1.82, 2.24) is 25.4 Å². The second-order valence-corrected chi connectivity index (χ2v) is 8.05. The third-order valence-electron chi connectivity index (χ3n) is 6.21. The van der Waals surface area contributed by atoms with E-state index in [0.717, 1.165) is 54.3 Å². The van der Waals surface area contributed by atoms with E-state index in [0.29, 0.717) is 23.0 Å². The molecule has 3 aromatic rings. The maximum Gasteiger partial charge on any atom is 0.196 e. The lowest BCUT2D eigenvalue weighted by molar-refractivity contribution is 0.161. The van der Waals surface area contributed by atoms with E-state index in [1.807, 2.05) is 18.2 Å². The van der Waals surface area contributed by atoms with Gasteiger partial charge in [0.05, 0.1) is 18.7 Å². The SMILES string of the molecule is [C-]#[N+]C1=C(C2CCN(C(C)C)CC2)Nc2[nH]ncc2C1c1cccc2nonc12. The Morgan fingerprint density at radius 3 is 2.79 bits per heavy atom. The van der Waals surface area contributed by atoms with Crippen molar-refractivity contribution >= 4 is 16.9 Å². The van der Waals surface area contributed by atoms with Crippen molar-refractivity contribution in [2.75, 3.05) is 18.4 Å². The van der Waals surface area contributed by atoms with Gasteiger partial charge >= 0.3 is 0 Å². The summed E-state index contributed by atoms with van der Waals surface area (Å²) in [4.78, 5) is 6.52. The first-order valence-corrected chi connectivity index (χ1v) is 10.0. The van der Waals surface area contributed by atoms with Crippen LogP contribution in [0.1, 0.15) is 43.7 Å². The standard InChI is InChI=1S/C21H23N7O/c1-12(2)28-9-7-13(8-10-28)18-20(22-3)17(15-11-23-25-21(15)24-18)14-5-4-6-16-19(14)27-29-26-16/h4-6,11-13,17H,7-10H2,1-2H3,(H2,23,24,25). The predicted octanol–water partition coefficient (Wildman–Crippen LogP) is 3.75. The van der Waals surface area contributed by atoms with Crippen LogP contribution in [0.4, 0.5) is 5.82 Å². The topological polar surface area (TPSA) is 87.2 Å². The number of nitrogens with zero attached hydrogens (tertiary/aromatic N) is 5. The number of hydrogen-bond donors (Lipinski definition) is 2. The number of likely N-dealkylation sites (tertiary alicyclic amines) is 1. The lowest BCUT2D eigenvalue weighted by Gasteiger charge is -2.38. The lowest BCUT2D eigenvalue weighted by Crippen LogP contribution is -2.40. The van der Waals surface area contributed by atoms with Crippen molar-refractivity contribution in [3.8, 4) is 0 Å². The maximum atomic E-state index is 8.03. The molecule has 29 heavy (non-hydrogen) atoms. The first-order chi connectivity index (χ1) is 14.2. The zero-order chi connectivity index (χ0) is 20.0. The number of rotatable bonds is 3. The first kappa shape index (κ1) is 17.9. The number of anilines is 1. The molecule has 4 heterocycles. The quantitative estimate of drug-likeness (QED) is 0.664. The summed E-state index contributed by atoms with van der Waals surface area (Å²) >= 11 is 0. The summed E-state index contributed by atoms with van der Waals surface area (Å²) in [5, 5.41) is 18.9. The predicted molar refractivity (Wildman–Crippen MR) is 109 cm³/mol. The fourth-order valence-electron chi connectivity index (χ4n) is 4.63. The van der Waals surface area contributed by atoms with E-state index >= 15 is 0 Å². The molecule has 1 saturated heterocycles. The molecular formula is C21H23N7O. The number of fused-ring (bicyclic) bond motifs is 2. The van der Waals surface area contributed by atoms with Crippen LogP contribution in [-0.2, 0) is 0 Å². The molecule has 0 spiro atoms. The average molecular weight is 389 g/mol. The number of allylic oxidation sites excluding steroid dienone is 2. The Balaban J connectivity index is 1.60. The Hall–Kier alpha value is -3.18. The number of nitrogens with one attached hydrogen (secondary N) is 2. The zero-order valence-corrected chi connectivity index (χ0v) is 16.5. The highest BCUT2D eigenvalue weighted by molar-refractivity contribution is 5.80. The average Bonchev–Trinajstić information content (AvgIpc) is 3.41. The highest BCUT2D eigenvalue weighted by atomic mass is 16.6. The normalized spacial score (nSPS) is 20.7. The van der Waals surface area contributed by atoms with Gasteiger partial charge < -0.3 is 10.2 Å². The fourth-order valence-corrected chi connectivity index (χ4v) is 4.63. The van der Waals surface area contributed by atoms with Crippen LogP contribution in [0.25, 0.3) is 15.9 Å². The van der Waals surface area contributed by atoms with E-state index < -0.39 is 0 Å². The number of aromatic amines is 1. The molecule has 0 saturated carbocycles. The van der Waals surface area contributed by atoms with Gasteiger partial charge in [0.25, 0.3) is 0 Å². The Kier molecular flexibility index (Phi) is 4.32. The van der Waals surface area contributed by atoms with E-state index in [4.69, 9.17) is 11.2 Å². The summed E-state index contributed by atoms with van der Waals surface area (Å²) in [6.45, 7) is 14.6. The minimum Gasteiger partial charge on any atom is -0.354 e. The second-order valence-electron chi connectivity index (χ2n) is 8.05. The third kappa shape index (κ3) is 2.89. The van der Waals surface area contributed by atoms with Gasteiger partial charge in [0, 0.05) is 17.3 Å². The van der Waals surface area contributed by atoms with Gasteiger partial charge in [-0.1, -0.05) is 12.1 Å². The summed E-state index contributed by atoms with van der Waals surface area (Å²) in [7, 11) is 0. The van der Waals surface area contributed by atoms with Gasteiger partial charge in [0.2, 0.25) is 0 Å². The summed E-state index contributed by atoms with van der Waals surface area (Å²) in [6.07, 6.45) is 3.86. The Bertz CT molecular complexity index is 1110. The molecule has 1 unspecified atom stereocenters. The van der Waals surface area contributed by atoms with Crippen LogP contribution in [-0.4, -0.2) is 44.5 Å². The van der Waals surface area contributed by atoms with Gasteiger partial charge in [-0.05, 0) is 67.6 Å². The molecule has 1 fully saturated rings. The van der Waals surface area contributed by atoms with Crippen molar-refractivity contribution in [1.29, 1.82) is 0 Å². The highest BCUT2D eigenvalue weighted by Gasteiger charge is 2.37. The number of benzene rings is 1. The first-order valence-electron chi connectivity index (χ1n) is 10.0. The van der Waals surface area contributed by atoms with Gasteiger partial charge in [0.1, 0.15) is 16.9 Å². The Morgan fingerprint density at radius 2 is 2.03 bits per heavy atom. The van der Waals surface area contributed by atoms with Gasteiger partial charge in [-0.25, -0.2) is 9.47 Å². The smallest absolute Gasteiger partial charge is 0.196 e. The fraction of sp³-hybridized carbons (Fsp3) is 0.429. The molecule has 5 rings (SSSR count). The monoisotopic (exact) mass is 389 g/mol. The highest BCUT2D eigenvalue weighted by Crippen LogP contribution is 2.45. The number of H-pyrrole nitrogens is 1. The van der Waals surface area contributed by atoms with Crippen LogP contribution in [0, 0.1) is 12.5 Å². The summed E-state index contributed by atoms with van der Waals surface area (Å²) in [5.41, 5.74) is 5.01. The Labute approximate surface area is 168 Å². The molecule has 2 N–H and O–H groups in total. The lowest BCUT2D eigenvalue weighted by atomic mass is 9.81. The molecule has 0 amide bonds. The molecule has 2 aliphatic rings. The number of piperidine rings is 1. The third-order valence-corrected chi connectivity index (χ3v) is 6.21. The van der Waals surface area contributed by atoms with Gasteiger partial charge in [-0.15, -0.1) is 0 Å². The van der Waals surface area contributed by atoms with Crippen molar-refractivity contribution in [2.24, 2.45) is 5.92 Å². The van der Waals surface area contributed by atoms with E-state index in [2.05, 4.69) is 49.4 Å². The summed E-state index contributed by atoms with van der Waals surface area (Å²) < 4.78 is 4.97. The Morgan fingerprint density at radius 1 is 1.21 bits per heavy atom. The van der Waals surface area contributed by atoms with E-state index in [-0.39, 0.29) is 5.92 Å². The van der Waals surface area contributed by atoms with E-state index in [1.165, 1.54) is 0 Å². The molecular weight excluding hydrogens is 366 g/mol. The molecule has 8 nitrogen and oxygen atoms in total. The molecule has 1 aromatic carbocycles. The second kappa shape index (κ2) is 7.01. The van der Waals surface area contributed by atoms with Crippen molar-refractivity contribution in [2.45, 2.75) is 38.6 Å². The summed E-state index contributed by atoms with van der Waals surface area (Å²) in [6, 6.07) is 6.36. The van der Waals surface area contributed by atoms with Crippen LogP contribution >= 0.6 is 0 Å². The maximum absolute atomic E-state index is 8.03. The molecule has 148 valence electrons. The molecule has 0 aliphatic carbocycles. The number of hydrogen-bond acceptors (Lipinski definition) is 6. The van der Waals surface area contributed by atoms with Gasteiger partial charge in [-0.2, -0.15) is 5.10 Å². The molecule has 1 atom stereocenters. The van der Waals surface area contributed by atoms with Crippen molar-refractivity contribution < 1.29 is 4.63 Å². The van der Waals surface area contributed by atoms with Crippen molar-refractivity contribution in [3.05, 3.63) is 58.3 Å². The van der Waals surface area contributed by atoms with E-state index in [1.54, 1.807) is 6.20 Å². The van der Waals surface area contributed by atoms with Gasteiger partial charge in [0.15, 0.2) is 5.70 Å². The van der Waals surface area contributed by atoms with Crippen LogP contribution in [0.15, 0.2) is 40.4 Å². The van der Waals surface area contributed by atoms with Crippen molar-refractivity contribution in [3.63, 3.8) is 0 Å². The molecule has 8 heteroatoms. The van der Waals surface area contributed by atoms with E-state index in [9.17, 15) is 0 Å². The van der Waals surface area contributed by atoms with Crippen LogP contribution < -0.4 is 5.32 Å². The van der Waals surface area contributed by atoms with Gasteiger partial charge in [-0.3, -0.25) is 5.10 Å². The van der Waals surface area contributed by atoms with Crippen LogP contribution in [0.5, 0.6) is 0 Å². The zero-order valence-electron chi connectivity index (χ0n) is 16.5. The summed E-state index contributed by atoms with van der Waals surface area (Å²) in [5.74, 6) is 0.941. The van der Waals surface area contributed by atoms with Crippen LogP contribution in [0.2, 0.25) is 0 Å². The molecule has 2 aliphatic heterocycles. The molecule has 2 aromatic heterocycles. The molecule has 0 bridgehead atoms. The minimum atomic E-state index is -0.240. The number of aromatic nitrogens is 4. The largest absolute Gasteiger partial charge is 0.354 e. The minimum absolute atomic E-state index is 0.240.